The van der Waals surface area contributed by atoms with Crippen LogP contribution in [0.1, 0.15) is 19.8 Å². The average Bonchev–Trinajstić information content (AvgIpc) is 2.47. The van der Waals surface area contributed by atoms with Crippen LogP contribution in [0.4, 0.5) is 0 Å². The van der Waals surface area contributed by atoms with Gasteiger partial charge in [-0.2, -0.15) is 0 Å². The van der Waals surface area contributed by atoms with Crippen molar-refractivity contribution in [2.24, 2.45) is 0 Å². The molecule has 0 bridgehead atoms. The van der Waals surface area contributed by atoms with Crippen molar-refractivity contribution in [3.8, 4) is 5.75 Å². The molecule has 6 heteroatoms. The molecular weight excluding hydrogens is 313 g/mol. The van der Waals surface area contributed by atoms with Crippen molar-refractivity contribution >= 4 is 23.2 Å². The first-order valence-electron chi connectivity index (χ1n) is 7.18. The highest BCUT2D eigenvalue weighted by atomic mass is 35.5. The Kier molecular flexibility index (Phi) is 9.79. The number of benzene rings is 1. The fraction of sp³-hybridized carbons (Fsp3) is 0.600. The van der Waals surface area contributed by atoms with E-state index < -0.39 is 6.10 Å². The predicted octanol–water partition coefficient (Wildman–Crippen LogP) is 3.14. The van der Waals surface area contributed by atoms with E-state index in [1.54, 1.807) is 18.2 Å². The molecule has 0 aromatic heterocycles. The van der Waals surface area contributed by atoms with Gasteiger partial charge in [-0.25, -0.2) is 0 Å². The van der Waals surface area contributed by atoms with Crippen LogP contribution in [-0.2, 0) is 4.74 Å². The van der Waals surface area contributed by atoms with E-state index in [-0.39, 0.29) is 6.61 Å². The Labute approximate surface area is 136 Å². The van der Waals surface area contributed by atoms with E-state index in [1.165, 1.54) is 0 Å². The summed E-state index contributed by atoms with van der Waals surface area (Å²) >= 11 is 11.7. The second-order valence-electron chi connectivity index (χ2n) is 4.71. The van der Waals surface area contributed by atoms with E-state index in [0.717, 1.165) is 32.6 Å². The predicted molar refractivity (Wildman–Crippen MR) is 86.6 cm³/mol. The van der Waals surface area contributed by atoms with Crippen LogP contribution in [0.25, 0.3) is 0 Å². The number of hydrogen-bond acceptors (Lipinski definition) is 4. The smallest absolute Gasteiger partial charge is 0.121 e. The molecule has 0 spiro atoms. The van der Waals surface area contributed by atoms with Crippen LogP contribution in [0.15, 0.2) is 18.2 Å². The maximum Gasteiger partial charge on any atom is 0.121 e. The van der Waals surface area contributed by atoms with Gasteiger partial charge in [0.1, 0.15) is 18.5 Å². The van der Waals surface area contributed by atoms with E-state index in [0.29, 0.717) is 22.3 Å². The molecule has 2 N–H and O–H groups in total. The number of hydrogen-bond donors (Lipinski definition) is 2. The van der Waals surface area contributed by atoms with Gasteiger partial charge in [0.15, 0.2) is 0 Å². The molecule has 0 amide bonds. The zero-order valence-electron chi connectivity index (χ0n) is 12.3. The first-order valence-corrected chi connectivity index (χ1v) is 7.93. The summed E-state index contributed by atoms with van der Waals surface area (Å²) in [6, 6.07) is 5.02. The Hall–Kier alpha value is -0.520. The van der Waals surface area contributed by atoms with E-state index in [2.05, 4.69) is 12.2 Å². The first kappa shape index (κ1) is 18.5. The normalized spacial score (nSPS) is 12.4. The molecule has 0 aliphatic heterocycles. The quantitative estimate of drug-likeness (QED) is 0.610. The van der Waals surface area contributed by atoms with Crippen molar-refractivity contribution in [1.29, 1.82) is 0 Å². The molecule has 21 heavy (non-hydrogen) atoms. The van der Waals surface area contributed by atoms with Crippen molar-refractivity contribution in [2.45, 2.75) is 25.9 Å². The van der Waals surface area contributed by atoms with Crippen LogP contribution in [0.3, 0.4) is 0 Å². The van der Waals surface area contributed by atoms with E-state index in [4.69, 9.17) is 32.7 Å². The lowest BCUT2D eigenvalue weighted by molar-refractivity contribution is 0.103. The van der Waals surface area contributed by atoms with Crippen molar-refractivity contribution in [2.75, 3.05) is 32.9 Å². The minimum atomic E-state index is -0.573. The van der Waals surface area contributed by atoms with E-state index in [9.17, 15) is 5.11 Å². The molecule has 0 saturated heterocycles. The van der Waals surface area contributed by atoms with Gasteiger partial charge in [-0.3, -0.25) is 0 Å². The second-order valence-corrected chi connectivity index (χ2v) is 5.53. The zero-order valence-corrected chi connectivity index (χ0v) is 13.8. The molecule has 1 atom stereocenters. The second kappa shape index (κ2) is 11.1. The highest BCUT2D eigenvalue weighted by Crippen LogP contribution is 2.26. The van der Waals surface area contributed by atoms with Crippen molar-refractivity contribution in [3.63, 3.8) is 0 Å². The molecule has 0 aliphatic carbocycles. The van der Waals surface area contributed by atoms with Crippen molar-refractivity contribution in [3.05, 3.63) is 28.2 Å². The van der Waals surface area contributed by atoms with E-state index in [1.807, 2.05) is 0 Å². The number of nitrogens with one attached hydrogen (secondary N) is 1. The summed E-state index contributed by atoms with van der Waals surface area (Å²) in [5, 5.41) is 13.9. The molecular formula is C15H23Cl2NO3. The highest BCUT2D eigenvalue weighted by Gasteiger charge is 2.06. The van der Waals surface area contributed by atoms with Crippen LogP contribution >= 0.6 is 23.2 Å². The average molecular weight is 336 g/mol. The Bertz CT molecular complexity index is 405. The molecule has 0 aliphatic rings. The topological polar surface area (TPSA) is 50.7 Å². The van der Waals surface area contributed by atoms with Gasteiger partial charge in [-0.1, -0.05) is 30.1 Å². The van der Waals surface area contributed by atoms with E-state index >= 15 is 0 Å². The van der Waals surface area contributed by atoms with Gasteiger partial charge in [0.05, 0.1) is 10.0 Å². The van der Waals surface area contributed by atoms with Crippen molar-refractivity contribution in [1.82, 2.24) is 5.32 Å². The molecule has 0 heterocycles. The lowest BCUT2D eigenvalue weighted by Crippen LogP contribution is -2.32. The van der Waals surface area contributed by atoms with Crippen LogP contribution in [0, 0.1) is 0 Å². The largest absolute Gasteiger partial charge is 0.491 e. The molecule has 120 valence electrons. The maximum atomic E-state index is 9.80. The van der Waals surface area contributed by atoms with Gasteiger partial charge in [0.2, 0.25) is 0 Å². The third kappa shape index (κ3) is 8.49. The number of rotatable bonds is 11. The minimum absolute atomic E-state index is 0.206. The van der Waals surface area contributed by atoms with Gasteiger partial charge in [-0.05, 0) is 31.5 Å². The van der Waals surface area contributed by atoms with Crippen LogP contribution in [-0.4, -0.2) is 44.1 Å². The van der Waals surface area contributed by atoms with Crippen molar-refractivity contribution < 1.29 is 14.6 Å². The summed E-state index contributed by atoms with van der Waals surface area (Å²) in [6.07, 6.45) is 1.40. The third-order valence-electron chi connectivity index (χ3n) is 2.70. The Morgan fingerprint density at radius 3 is 2.76 bits per heavy atom. The Morgan fingerprint density at radius 2 is 2.05 bits per heavy atom. The molecule has 0 fully saturated rings. The lowest BCUT2D eigenvalue weighted by Gasteiger charge is -2.13. The first-order chi connectivity index (χ1) is 10.1. The maximum absolute atomic E-state index is 9.80. The van der Waals surface area contributed by atoms with Gasteiger partial charge >= 0.3 is 0 Å². The Morgan fingerprint density at radius 1 is 1.24 bits per heavy atom. The van der Waals surface area contributed by atoms with Crippen LogP contribution in [0.2, 0.25) is 10.0 Å². The number of ether oxygens (including phenoxy) is 2. The third-order valence-corrected chi connectivity index (χ3v) is 3.44. The van der Waals surface area contributed by atoms with Gasteiger partial charge in [-0.15, -0.1) is 0 Å². The SMILES string of the molecule is CCCOCCCNCC(O)COc1ccc(Cl)c(Cl)c1. The number of halogens is 2. The fourth-order valence-electron chi connectivity index (χ4n) is 1.63. The van der Waals surface area contributed by atoms with Crippen LogP contribution < -0.4 is 10.1 Å². The molecule has 0 saturated carbocycles. The summed E-state index contributed by atoms with van der Waals surface area (Å²) < 4.78 is 10.8. The molecule has 1 aromatic rings. The summed E-state index contributed by atoms with van der Waals surface area (Å²) in [5.41, 5.74) is 0. The molecule has 0 radical (unpaired) electrons. The number of aliphatic hydroxyl groups excluding tert-OH is 1. The zero-order chi connectivity index (χ0) is 15.5. The monoisotopic (exact) mass is 335 g/mol. The molecule has 1 unspecified atom stereocenters. The summed E-state index contributed by atoms with van der Waals surface area (Å²) in [7, 11) is 0. The van der Waals surface area contributed by atoms with Gasteiger partial charge in [0.25, 0.3) is 0 Å². The Balaban J connectivity index is 2.08. The highest BCUT2D eigenvalue weighted by molar-refractivity contribution is 6.42. The lowest BCUT2D eigenvalue weighted by atomic mass is 10.3. The summed E-state index contributed by atoms with van der Waals surface area (Å²) in [4.78, 5) is 0. The molecule has 1 rings (SSSR count). The van der Waals surface area contributed by atoms with Gasteiger partial charge in [0, 0.05) is 25.8 Å². The van der Waals surface area contributed by atoms with Gasteiger partial charge < -0.3 is 19.9 Å². The summed E-state index contributed by atoms with van der Waals surface area (Å²) in [6.45, 7) is 5.14. The fourth-order valence-corrected chi connectivity index (χ4v) is 1.92. The van der Waals surface area contributed by atoms with Crippen LogP contribution in [0.5, 0.6) is 5.75 Å². The molecule has 1 aromatic carbocycles. The standard InChI is InChI=1S/C15H23Cl2NO3/c1-2-7-20-8-3-6-18-10-12(19)11-21-13-4-5-14(16)15(17)9-13/h4-5,9,12,18-19H,2-3,6-8,10-11H2,1H3. The molecule has 4 nitrogen and oxygen atoms in total. The minimum Gasteiger partial charge on any atom is -0.491 e. The summed E-state index contributed by atoms with van der Waals surface area (Å²) in [5.74, 6) is 0.594. The number of aliphatic hydroxyl groups is 1.